The van der Waals surface area contributed by atoms with Gasteiger partial charge in [-0.05, 0) is 44.0 Å². The number of hydrogen-bond acceptors (Lipinski definition) is 4. The van der Waals surface area contributed by atoms with E-state index in [-0.39, 0.29) is 4.90 Å². The molecule has 0 aliphatic heterocycles. The molecule has 0 radical (unpaired) electrons. The molecule has 1 aromatic heterocycles. The molecule has 0 saturated carbocycles. The fraction of sp³-hybridized carbons (Fsp3) is 0.250. The normalized spacial score (nSPS) is 11.6. The van der Waals surface area contributed by atoms with E-state index in [1.807, 2.05) is 6.92 Å². The van der Waals surface area contributed by atoms with Crippen molar-refractivity contribution in [2.45, 2.75) is 25.7 Å². The number of thiazole rings is 1. The number of hydrogen-bond donors (Lipinski definition) is 1. The van der Waals surface area contributed by atoms with Crippen LogP contribution in [-0.2, 0) is 10.0 Å². The summed E-state index contributed by atoms with van der Waals surface area (Å²) >= 11 is 1.25. The van der Waals surface area contributed by atoms with E-state index in [1.54, 1.807) is 20.0 Å². The largest absolute Gasteiger partial charge is 0.264 e. The highest BCUT2D eigenvalue weighted by Gasteiger charge is 2.21. The first-order valence-corrected chi connectivity index (χ1v) is 7.81. The van der Waals surface area contributed by atoms with Crippen molar-refractivity contribution in [3.63, 3.8) is 0 Å². The third-order valence-corrected chi connectivity index (χ3v) is 5.14. The zero-order valence-corrected chi connectivity index (χ0v) is 12.3. The Morgan fingerprint density at radius 2 is 1.79 bits per heavy atom. The molecule has 0 unspecified atom stereocenters. The van der Waals surface area contributed by atoms with Gasteiger partial charge in [0, 0.05) is 11.1 Å². The van der Waals surface area contributed by atoms with Gasteiger partial charge in [-0.15, -0.1) is 11.3 Å². The van der Waals surface area contributed by atoms with Crippen LogP contribution in [-0.4, -0.2) is 13.4 Å². The van der Waals surface area contributed by atoms with Crippen LogP contribution in [0.2, 0.25) is 0 Å². The van der Waals surface area contributed by atoms with Crippen molar-refractivity contribution < 1.29 is 12.8 Å². The molecule has 0 bridgehead atoms. The Hall–Kier alpha value is -1.47. The van der Waals surface area contributed by atoms with Crippen molar-refractivity contribution in [3.8, 4) is 0 Å². The van der Waals surface area contributed by atoms with Crippen LogP contribution < -0.4 is 4.72 Å². The van der Waals surface area contributed by atoms with Crippen molar-refractivity contribution in [1.82, 2.24) is 4.98 Å². The number of anilines is 1. The minimum Gasteiger partial charge on any atom is -0.255 e. The lowest BCUT2D eigenvalue weighted by molar-refractivity contribution is 0.597. The summed E-state index contributed by atoms with van der Waals surface area (Å²) in [4.78, 5) is 4.96. The number of halogens is 1. The molecule has 2 aromatic rings. The van der Waals surface area contributed by atoms with Gasteiger partial charge in [0.1, 0.15) is 5.82 Å². The molecular weight excluding hydrogens is 287 g/mol. The van der Waals surface area contributed by atoms with Crippen molar-refractivity contribution >= 4 is 26.5 Å². The molecule has 0 atom stereocenters. The third-order valence-electron chi connectivity index (χ3n) is 2.54. The van der Waals surface area contributed by atoms with E-state index in [4.69, 9.17) is 0 Å². The first-order chi connectivity index (χ1) is 8.79. The molecule has 0 fully saturated rings. The van der Waals surface area contributed by atoms with Crippen molar-refractivity contribution in [3.05, 3.63) is 40.2 Å². The second kappa shape index (κ2) is 4.90. The van der Waals surface area contributed by atoms with Crippen molar-refractivity contribution in [1.29, 1.82) is 0 Å². The molecule has 0 amide bonds. The number of sulfonamides is 1. The topological polar surface area (TPSA) is 59.1 Å². The molecule has 1 N–H and O–H groups in total. The van der Waals surface area contributed by atoms with Crippen molar-refractivity contribution in [2.24, 2.45) is 0 Å². The number of aryl methyl sites for hydroxylation is 3. The number of nitrogens with zero attached hydrogens (tertiary/aromatic N) is 1. The van der Waals surface area contributed by atoms with Crippen LogP contribution in [0.5, 0.6) is 0 Å². The van der Waals surface area contributed by atoms with Crippen LogP contribution >= 0.6 is 11.3 Å². The highest BCUT2D eigenvalue weighted by molar-refractivity contribution is 7.93. The maximum atomic E-state index is 13.2. The molecule has 0 spiro atoms. The summed E-state index contributed by atoms with van der Waals surface area (Å²) in [6.45, 7) is 4.97. The van der Waals surface area contributed by atoms with Gasteiger partial charge >= 0.3 is 0 Å². The van der Waals surface area contributed by atoms with E-state index >= 15 is 0 Å². The Labute approximate surface area is 115 Å². The standard InChI is InChI=1S/C12H13FN2O2S2/c1-7-4-10(13)5-8(2)11(7)19(16,17)15-12-14-6-9(3)18-12/h4-6H,1-3H3,(H,14,15). The summed E-state index contributed by atoms with van der Waals surface area (Å²) in [6, 6.07) is 2.41. The van der Waals surface area contributed by atoms with Gasteiger partial charge in [0.05, 0.1) is 4.90 Å². The molecule has 0 aliphatic rings. The SMILES string of the molecule is Cc1cnc(NS(=O)(=O)c2c(C)cc(F)cc2C)s1. The number of aromatic nitrogens is 1. The second-order valence-electron chi connectivity index (χ2n) is 4.25. The summed E-state index contributed by atoms with van der Waals surface area (Å²) in [5.74, 6) is -0.445. The third kappa shape index (κ3) is 2.93. The lowest BCUT2D eigenvalue weighted by Crippen LogP contribution is -2.15. The Morgan fingerprint density at radius 1 is 1.21 bits per heavy atom. The first-order valence-electron chi connectivity index (χ1n) is 5.51. The number of rotatable bonds is 3. The zero-order valence-electron chi connectivity index (χ0n) is 10.7. The lowest BCUT2D eigenvalue weighted by atomic mass is 10.1. The van der Waals surface area contributed by atoms with E-state index in [0.29, 0.717) is 16.3 Å². The van der Waals surface area contributed by atoms with Crippen LogP contribution in [0.15, 0.2) is 23.2 Å². The van der Waals surface area contributed by atoms with E-state index < -0.39 is 15.8 Å². The van der Waals surface area contributed by atoms with Crippen molar-refractivity contribution in [2.75, 3.05) is 4.72 Å². The van der Waals surface area contributed by atoms with Gasteiger partial charge in [-0.25, -0.2) is 17.8 Å². The maximum Gasteiger partial charge on any atom is 0.264 e. The van der Waals surface area contributed by atoms with E-state index in [9.17, 15) is 12.8 Å². The number of nitrogens with one attached hydrogen (secondary N) is 1. The van der Waals surface area contributed by atoms with E-state index in [0.717, 1.165) is 4.88 Å². The minimum atomic E-state index is -3.75. The number of benzene rings is 1. The summed E-state index contributed by atoms with van der Waals surface area (Å²) in [5, 5.41) is 0.306. The van der Waals surface area contributed by atoms with Gasteiger partial charge in [0.2, 0.25) is 0 Å². The molecular formula is C12H13FN2O2S2. The lowest BCUT2D eigenvalue weighted by Gasteiger charge is -2.11. The second-order valence-corrected chi connectivity index (χ2v) is 7.10. The average Bonchev–Trinajstić information content (AvgIpc) is 2.60. The fourth-order valence-corrected chi connectivity index (χ4v) is 4.25. The average molecular weight is 300 g/mol. The van der Waals surface area contributed by atoms with Crippen LogP contribution in [0.1, 0.15) is 16.0 Å². The predicted octanol–water partition coefficient (Wildman–Crippen LogP) is 3.01. The van der Waals surface area contributed by atoms with Gasteiger partial charge in [-0.2, -0.15) is 0 Å². The van der Waals surface area contributed by atoms with Gasteiger partial charge in [-0.1, -0.05) is 0 Å². The predicted molar refractivity (Wildman–Crippen MR) is 73.5 cm³/mol. The Morgan fingerprint density at radius 3 is 2.26 bits per heavy atom. The monoisotopic (exact) mass is 300 g/mol. The highest BCUT2D eigenvalue weighted by Crippen LogP contribution is 2.25. The van der Waals surface area contributed by atoms with Gasteiger partial charge < -0.3 is 0 Å². The molecule has 1 aromatic carbocycles. The fourth-order valence-electron chi connectivity index (χ4n) is 1.89. The molecule has 1 heterocycles. The molecule has 0 aliphatic carbocycles. The summed E-state index contributed by atoms with van der Waals surface area (Å²) in [6.07, 6.45) is 1.59. The van der Waals surface area contributed by atoms with Gasteiger partial charge in [-0.3, -0.25) is 4.72 Å². The maximum absolute atomic E-state index is 13.2. The minimum absolute atomic E-state index is 0.0988. The van der Waals surface area contributed by atoms with Crippen LogP contribution in [0, 0.1) is 26.6 Å². The first kappa shape index (κ1) is 14.0. The Kier molecular flexibility index (Phi) is 3.60. The zero-order chi connectivity index (χ0) is 14.2. The Bertz CT molecular complexity index is 700. The molecule has 19 heavy (non-hydrogen) atoms. The molecule has 7 heteroatoms. The van der Waals surface area contributed by atoms with E-state index in [2.05, 4.69) is 9.71 Å². The molecule has 102 valence electrons. The van der Waals surface area contributed by atoms with Crippen LogP contribution in [0.4, 0.5) is 9.52 Å². The van der Waals surface area contributed by atoms with Gasteiger partial charge in [0.25, 0.3) is 10.0 Å². The summed E-state index contributed by atoms with van der Waals surface area (Å²) < 4.78 is 40.2. The smallest absolute Gasteiger partial charge is 0.255 e. The summed E-state index contributed by atoms with van der Waals surface area (Å²) in [7, 11) is -3.75. The quantitative estimate of drug-likeness (QED) is 0.948. The Balaban J connectivity index is 2.45. The molecule has 2 rings (SSSR count). The van der Waals surface area contributed by atoms with Crippen LogP contribution in [0.25, 0.3) is 0 Å². The highest BCUT2D eigenvalue weighted by atomic mass is 32.2. The van der Waals surface area contributed by atoms with Crippen LogP contribution in [0.3, 0.4) is 0 Å². The molecule has 4 nitrogen and oxygen atoms in total. The van der Waals surface area contributed by atoms with Gasteiger partial charge in [0.15, 0.2) is 5.13 Å². The summed E-state index contributed by atoms with van der Waals surface area (Å²) in [5.41, 5.74) is 0.747. The molecule has 0 saturated heterocycles. The van der Waals surface area contributed by atoms with E-state index in [1.165, 1.54) is 23.5 Å².